The fourth-order valence-corrected chi connectivity index (χ4v) is 4.48. The van der Waals surface area contributed by atoms with Gasteiger partial charge in [-0.15, -0.1) is 0 Å². The van der Waals surface area contributed by atoms with Crippen molar-refractivity contribution in [2.24, 2.45) is 29.1 Å². The first-order chi connectivity index (χ1) is 8.51. The lowest BCUT2D eigenvalue weighted by Crippen LogP contribution is -2.55. The number of fused-ring (bicyclic) bond motifs is 2. The molecule has 0 heterocycles. The van der Waals surface area contributed by atoms with Gasteiger partial charge >= 0.3 is 0 Å². The van der Waals surface area contributed by atoms with Crippen molar-refractivity contribution < 1.29 is 0 Å². The van der Waals surface area contributed by atoms with Crippen molar-refractivity contribution >= 4 is 5.57 Å². The van der Waals surface area contributed by atoms with E-state index in [1.807, 2.05) is 0 Å². The second kappa shape index (κ2) is 3.98. The number of hydrogen-bond donors (Lipinski definition) is 0. The minimum absolute atomic E-state index is 0.576. The van der Waals surface area contributed by atoms with Crippen LogP contribution in [-0.4, -0.2) is 0 Å². The molecule has 0 heteroatoms. The molecule has 3 saturated carbocycles. The van der Waals surface area contributed by atoms with Gasteiger partial charge in [0.1, 0.15) is 0 Å². The maximum atomic E-state index is 4.40. The lowest BCUT2D eigenvalue weighted by Gasteiger charge is -2.62. The van der Waals surface area contributed by atoms with Crippen LogP contribution in [0.15, 0.2) is 36.9 Å². The van der Waals surface area contributed by atoms with Crippen molar-refractivity contribution in [2.75, 3.05) is 0 Å². The number of benzene rings is 1. The van der Waals surface area contributed by atoms with E-state index in [0.29, 0.717) is 11.3 Å². The Labute approximate surface area is 111 Å². The Balaban J connectivity index is 1.82. The Morgan fingerprint density at radius 2 is 1.83 bits per heavy atom. The third-order valence-corrected chi connectivity index (χ3v) is 5.95. The van der Waals surface area contributed by atoms with Crippen LogP contribution in [0.25, 0.3) is 5.57 Å². The van der Waals surface area contributed by atoms with Crippen LogP contribution in [0.2, 0.25) is 0 Å². The zero-order chi connectivity index (χ0) is 12.9. The minimum atomic E-state index is 0.576. The summed E-state index contributed by atoms with van der Waals surface area (Å²) >= 11 is 0. The molecule has 3 fully saturated rings. The highest BCUT2D eigenvalue weighted by molar-refractivity contribution is 5.65. The van der Waals surface area contributed by atoms with E-state index in [2.05, 4.69) is 57.7 Å². The van der Waals surface area contributed by atoms with E-state index in [1.165, 1.54) is 24.0 Å². The van der Waals surface area contributed by atoms with Crippen molar-refractivity contribution in [3.63, 3.8) is 0 Å². The van der Waals surface area contributed by atoms with E-state index in [1.54, 1.807) is 0 Å². The highest BCUT2D eigenvalue weighted by atomic mass is 14.6. The molecule has 0 aliphatic heterocycles. The van der Waals surface area contributed by atoms with Crippen LogP contribution in [0.4, 0.5) is 0 Å². The van der Waals surface area contributed by atoms with E-state index in [-0.39, 0.29) is 0 Å². The molecular formula is C18H24. The summed E-state index contributed by atoms with van der Waals surface area (Å²) in [5.41, 5.74) is 3.29. The molecule has 0 N–H and O–H groups in total. The number of hydrogen-bond acceptors (Lipinski definition) is 0. The van der Waals surface area contributed by atoms with Gasteiger partial charge in [-0.2, -0.15) is 0 Å². The largest absolute Gasteiger partial charge is 0.0949 e. The van der Waals surface area contributed by atoms with E-state index in [4.69, 9.17) is 0 Å². The summed E-state index contributed by atoms with van der Waals surface area (Å²) in [6, 6.07) is 10.7. The molecule has 3 aliphatic rings. The zero-order valence-corrected chi connectivity index (χ0v) is 11.8. The van der Waals surface area contributed by atoms with Crippen LogP contribution in [-0.2, 0) is 0 Å². The van der Waals surface area contributed by atoms with Crippen LogP contribution in [0.3, 0.4) is 0 Å². The van der Waals surface area contributed by atoms with E-state index < -0.39 is 0 Å². The molecule has 0 radical (unpaired) electrons. The standard InChI is InChI=1S/C18H24/c1-12(14-8-6-5-7-9-14)16-10-15-11-17(13(16)2)18(15,3)4/h5-9,13,15-17H,1,10-11H2,2-4H3/t13-,15+,16-,17+/m0/s1. The van der Waals surface area contributed by atoms with Gasteiger partial charge < -0.3 is 0 Å². The summed E-state index contributed by atoms with van der Waals surface area (Å²) in [6.45, 7) is 11.8. The summed E-state index contributed by atoms with van der Waals surface area (Å²) in [7, 11) is 0. The molecule has 0 nitrogen and oxygen atoms in total. The summed E-state index contributed by atoms with van der Waals surface area (Å²) < 4.78 is 0. The van der Waals surface area contributed by atoms with Crippen LogP contribution in [0, 0.1) is 29.1 Å². The van der Waals surface area contributed by atoms with Gasteiger partial charge in [-0.05, 0) is 53.1 Å². The fraction of sp³-hybridized carbons (Fsp3) is 0.556. The summed E-state index contributed by atoms with van der Waals surface area (Å²) in [5.74, 6) is 3.31. The zero-order valence-electron chi connectivity index (χ0n) is 11.8. The highest BCUT2D eigenvalue weighted by Crippen LogP contribution is 2.64. The molecular weight excluding hydrogens is 216 g/mol. The predicted molar refractivity (Wildman–Crippen MR) is 78.1 cm³/mol. The average molecular weight is 240 g/mol. The van der Waals surface area contributed by atoms with Crippen LogP contribution in [0.5, 0.6) is 0 Å². The van der Waals surface area contributed by atoms with Crippen LogP contribution in [0.1, 0.15) is 39.2 Å². The lowest BCUT2D eigenvalue weighted by molar-refractivity contribution is -0.115. The summed E-state index contributed by atoms with van der Waals surface area (Å²) in [5, 5.41) is 0. The normalized spacial score (nSPS) is 36.8. The molecule has 3 aliphatic carbocycles. The Morgan fingerprint density at radius 3 is 2.39 bits per heavy atom. The maximum Gasteiger partial charge on any atom is -0.0130 e. The molecule has 0 aromatic heterocycles. The van der Waals surface area contributed by atoms with E-state index in [0.717, 1.165) is 17.8 Å². The first-order valence-electron chi connectivity index (χ1n) is 7.26. The molecule has 0 saturated heterocycles. The quantitative estimate of drug-likeness (QED) is 0.681. The van der Waals surface area contributed by atoms with Gasteiger partial charge in [0.2, 0.25) is 0 Å². The summed E-state index contributed by atoms with van der Waals surface area (Å²) in [6.07, 6.45) is 2.80. The first kappa shape index (κ1) is 12.0. The molecule has 4 rings (SSSR count). The molecule has 2 bridgehead atoms. The van der Waals surface area contributed by atoms with Crippen molar-refractivity contribution in [1.82, 2.24) is 0 Å². The Kier molecular flexibility index (Phi) is 2.66. The Bertz CT molecular complexity index is 454. The van der Waals surface area contributed by atoms with Gasteiger partial charge in [0.25, 0.3) is 0 Å². The van der Waals surface area contributed by atoms with Crippen molar-refractivity contribution in [2.45, 2.75) is 33.6 Å². The maximum absolute atomic E-state index is 4.40. The van der Waals surface area contributed by atoms with Gasteiger partial charge in [0, 0.05) is 0 Å². The molecule has 1 aromatic rings. The van der Waals surface area contributed by atoms with Crippen LogP contribution < -0.4 is 0 Å². The third kappa shape index (κ3) is 1.58. The van der Waals surface area contributed by atoms with Gasteiger partial charge in [0.15, 0.2) is 0 Å². The Morgan fingerprint density at radius 1 is 1.17 bits per heavy atom. The van der Waals surface area contributed by atoms with E-state index >= 15 is 0 Å². The lowest BCUT2D eigenvalue weighted by atomic mass is 9.43. The topological polar surface area (TPSA) is 0 Å². The number of rotatable bonds is 2. The molecule has 4 atom stereocenters. The molecule has 1 aromatic carbocycles. The number of allylic oxidation sites excluding steroid dienone is 1. The monoisotopic (exact) mass is 240 g/mol. The molecule has 96 valence electrons. The minimum Gasteiger partial charge on any atom is -0.0949 e. The van der Waals surface area contributed by atoms with Crippen LogP contribution >= 0.6 is 0 Å². The second-order valence-corrected chi connectivity index (χ2v) is 6.95. The van der Waals surface area contributed by atoms with Gasteiger partial charge in [-0.25, -0.2) is 0 Å². The van der Waals surface area contributed by atoms with Gasteiger partial charge in [0.05, 0.1) is 0 Å². The van der Waals surface area contributed by atoms with Crippen molar-refractivity contribution in [1.29, 1.82) is 0 Å². The van der Waals surface area contributed by atoms with Gasteiger partial charge in [-0.3, -0.25) is 0 Å². The van der Waals surface area contributed by atoms with Crippen molar-refractivity contribution in [3.8, 4) is 0 Å². The summed E-state index contributed by atoms with van der Waals surface area (Å²) in [4.78, 5) is 0. The molecule has 0 amide bonds. The van der Waals surface area contributed by atoms with E-state index in [9.17, 15) is 0 Å². The van der Waals surface area contributed by atoms with Gasteiger partial charge in [-0.1, -0.05) is 57.7 Å². The Hall–Kier alpha value is -1.04. The molecule has 0 spiro atoms. The van der Waals surface area contributed by atoms with Crippen molar-refractivity contribution in [3.05, 3.63) is 42.5 Å². The predicted octanol–water partition coefficient (Wildman–Crippen LogP) is 5.02. The third-order valence-electron chi connectivity index (χ3n) is 5.95. The smallest absolute Gasteiger partial charge is 0.0130 e. The highest BCUT2D eigenvalue weighted by Gasteiger charge is 2.56. The first-order valence-corrected chi connectivity index (χ1v) is 7.26. The fourth-order valence-electron chi connectivity index (χ4n) is 4.48. The molecule has 0 unspecified atom stereocenters. The SMILES string of the molecule is C=C(c1ccccc1)[C@@H]1C[C@@H]2C[C@H]([C@H]1C)C2(C)C. The average Bonchev–Trinajstić information content (AvgIpc) is 2.38. The molecule has 18 heavy (non-hydrogen) atoms. The second-order valence-electron chi connectivity index (χ2n) is 6.95.